The third-order valence-corrected chi connectivity index (χ3v) is 5.09. The summed E-state index contributed by atoms with van der Waals surface area (Å²) < 4.78 is 0. The van der Waals surface area contributed by atoms with E-state index in [1.807, 2.05) is 24.3 Å². The highest BCUT2D eigenvalue weighted by Crippen LogP contribution is 2.60. The molecule has 1 aromatic rings. The van der Waals surface area contributed by atoms with Crippen molar-refractivity contribution in [2.45, 2.75) is 30.9 Å². The average molecular weight is 257 g/mol. The van der Waals surface area contributed by atoms with Gasteiger partial charge in [-0.25, -0.2) is 0 Å². The number of hydrogen-bond acceptors (Lipinski definition) is 3. The normalized spacial score (nSPS) is 38.5. The Labute approximate surface area is 111 Å². The number of nitrogens with zero attached hydrogens (tertiary/aromatic N) is 1. The van der Waals surface area contributed by atoms with E-state index in [0.29, 0.717) is 18.5 Å². The third kappa shape index (κ3) is 1.09. The highest BCUT2D eigenvalue weighted by molar-refractivity contribution is 5.99. The molecule has 4 unspecified atom stereocenters. The molecule has 2 fully saturated rings. The molecule has 98 valence electrons. The van der Waals surface area contributed by atoms with Gasteiger partial charge < -0.3 is 10.0 Å². The minimum Gasteiger partial charge on any atom is -0.387 e. The second-order valence-corrected chi connectivity index (χ2v) is 5.89. The van der Waals surface area contributed by atoms with E-state index < -0.39 is 5.60 Å². The van der Waals surface area contributed by atoms with Crippen LogP contribution in [0.25, 0.3) is 0 Å². The van der Waals surface area contributed by atoms with Crippen LogP contribution in [-0.2, 0) is 4.79 Å². The van der Waals surface area contributed by atoms with E-state index in [9.17, 15) is 14.7 Å². The summed E-state index contributed by atoms with van der Waals surface area (Å²) in [7, 11) is 0. The first-order chi connectivity index (χ1) is 9.05. The number of rotatable bonds is 1. The van der Waals surface area contributed by atoms with Crippen LogP contribution in [0.15, 0.2) is 24.3 Å². The second kappa shape index (κ2) is 3.25. The molecule has 3 aliphatic rings. The molecular formula is C15H15NO3. The zero-order valence-electron chi connectivity index (χ0n) is 10.7. The standard InChI is InChI=1S/C15H15NO3/c1-8(17)12-11-9-4-2-3-5-10(9)14(18)16-7-6-15(12,19)13(11)16/h2-5,11-13,19H,6-7H2,1H3. The lowest BCUT2D eigenvalue weighted by Gasteiger charge is -2.58. The Bertz CT molecular complexity index is 611. The van der Waals surface area contributed by atoms with Crippen molar-refractivity contribution < 1.29 is 14.7 Å². The molecule has 2 heterocycles. The van der Waals surface area contributed by atoms with E-state index in [0.717, 1.165) is 5.56 Å². The van der Waals surface area contributed by atoms with Gasteiger partial charge in [-0.3, -0.25) is 9.59 Å². The molecule has 1 aromatic carbocycles. The van der Waals surface area contributed by atoms with Gasteiger partial charge in [0.2, 0.25) is 0 Å². The van der Waals surface area contributed by atoms with Crippen molar-refractivity contribution in [3.8, 4) is 0 Å². The zero-order valence-corrected chi connectivity index (χ0v) is 10.7. The monoisotopic (exact) mass is 257 g/mol. The van der Waals surface area contributed by atoms with Gasteiger partial charge >= 0.3 is 0 Å². The van der Waals surface area contributed by atoms with Crippen LogP contribution in [0.2, 0.25) is 0 Å². The van der Waals surface area contributed by atoms with Crippen LogP contribution in [0.5, 0.6) is 0 Å². The molecule has 1 saturated heterocycles. The number of carbonyl (C=O) groups excluding carboxylic acids is 2. The Hall–Kier alpha value is -1.68. The fourth-order valence-corrected chi connectivity index (χ4v) is 4.39. The van der Waals surface area contributed by atoms with E-state index in [4.69, 9.17) is 0 Å². The first-order valence-corrected chi connectivity index (χ1v) is 6.68. The summed E-state index contributed by atoms with van der Waals surface area (Å²) in [6, 6.07) is 7.28. The van der Waals surface area contributed by atoms with Crippen molar-refractivity contribution in [3.05, 3.63) is 35.4 Å². The van der Waals surface area contributed by atoms with Gasteiger partial charge in [0, 0.05) is 18.0 Å². The Kier molecular flexibility index (Phi) is 1.91. The minimum atomic E-state index is -1.00. The molecule has 0 bridgehead atoms. The van der Waals surface area contributed by atoms with Crippen molar-refractivity contribution in [3.63, 3.8) is 0 Å². The second-order valence-electron chi connectivity index (χ2n) is 5.89. The Morgan fingerprint density at radius 3 is 2.89 bits per heavy atom. The maximum absolute atomic E-state index is 12.4. The molecule has 0 radical (unpaired) electrons. The van der Waals surface area contributed by atoms with Crippen molar-refractivity contribution >= 4 is 11.7 Å². The molecule has 1 N–H and O–H groups in total. The summed E-state index contributed by atoms with van der Waals surface area (Å²) in [5.41, 5.74) is 0.624. The van der Waals surface area contributed by atoms with Crippen LogP contribution in [0, 0.1) is 5.92 Å². The lowest BCUT2D eigenvalue weighted by Crippen LogP contribution is -2.70. The predicted molar refractivity (Wildman–Crippen MR) is 67.7 cm³/mol. The SMILES string of the molecule is CC(=O)C1C2c3ccccc3C(=O)N3CCC1(O)C23. The quantitative estimate of drug-likeness (QED) is 0.815. The van der Waals surface area contributed by atoms with Crippen LogP contribution < -0.4 is 0 Å². The molecule has 0 spiro atoms. The molecular weight excluding hydrogens is 242 g/mol. The molecule has 4 nitrogen and oxygen atoms in total. The van der Waals surface area contributed by atoms with Gasteiger partial charge in [0.1, 0.15) is 5.78 Å². The smallest absolute Gasteiger partial charge is 0.254 e. The van der Waals surface area contributed by atoms with E-state index in [1.165, 1.54) is 0 Å². The van der Waals surface area contributed by atoms with Crippen molar-refractivity contribution in [2.75, 3.05) is 6.54 Å². The number of Topliss-reactive ketones (excluding diaryl/α,β-unsaturated/α-hetero) is 1. The van der Waals surface area contributed by atoms with Crippen molar-refractivity contribution in [1.82, 2.24) is 4.90 Å². The van der Waals surface area contributed by atoms with Gasteiger partial charge in [0.15, 0.2) is 0 Å². The van der Waals surface area contributed by atoms with Crippen LogP contribution in [0.1, 0.15) is 35.2 Å². The third-order valence-electron chi connectivity index (χ3n) is 5.09. The average Bonchev–Trinajstić information content (AvgIpc) is 2.66. The topological polar surface area (TPSA) is 57.6 Å². The van der Waals surface area contributed by atoms with Crippen LogP contribution >= 0.6 is 0 Å². The van der Waals surface area contributed by atoms with Crippen LogP contribution in [-0.4, -0.2) is 39.9 Å². The zero-order chi connectivity index (χ0) is 13.4. The Balaban J connectivity index is 1.93. The highest BCUT2D eigenvalue weighted by atomic mass is 16.3. The maximum atomic E-state index is 12.4. The number of ketones is 1. The van der Waals surface area contributed by atoms with Gasteiger partial charge in [-0.05, 0) is 25.0 Å². The van der Waals surface area contributed by atoms with Crippen LogP contribution in [0.4, 0.5) is 0 Å². The predicted octanol–water partition coefficient (Wildman–Crippen LogP) is 0.948. The summed E-state index contributed by atoms with van der Waals surface area (Å²) in [6.07, 6.45) is 0.512. The molecule has 4 rings (SSSR count). The molecule has 19 heavy (non-hydrogen) atoms. The van der Waals surface area contributed by atoms with E-state index in [-0.39, 0.29) is 29.6 Å². The van der Waals surface area contributed by atoms with Crippen molar-refractivity contribution in [2.24, 2.45) is 5.92 Å². The summed E-state index contributed by atoms with van der Waals surface area (Å²) in [5.74, 6) is -0.375. The molecule has 4 heteroatoms. The molecule has 1 amide bonds. The number of fused-ring (bicyclic) bond motifs is 2. The Morgan fingerprint density at radius 1 is 1.42 bits per heavy atom. The first-order valence-electron chi connectivity index (χ1n) is 6.68. The summed E-state index contributed by atoms with van der Waals surface area (Å²) in [4.78, 5) is 26.1. The van der Waals surface area contributed by atoms with Gasteiger partial charge in [0.05, 0.1) is 17.6 Å². The number of hydrogen-bond donors (Lipinski definition) is 1. The summed E-state index contributed by atoms with van der Waals surface area (Å²) in [5, 5.41) is 10.7. The van der Waals surface area contributed by atoms with Crippen molar-refractivity contribution in [1.29, 1.82) is 0 Å². The highest BCUT2D eigenvalue weighted by Gasteiger charge is 2.70. The summed E-state index contributed by atoms with van der Waals surface area (Å²) >= 11 is 0. The van der Waals surface area contributed by atoms with Gasteiger partial charge in [-0.1, -0.05) is 18.2 Å². The number of amides is 1. The van der Waals surface area contributed by atoms with Crippen LogP contribution in [0.3, 0.4) is 0 Å². The molecule has 4 atom stereocenters. The largest absolute Gasteiger partial charge is 0.387 e. The van der Waals surface area contributed by atoms with Gasteiger partial charge in [-0.15, -0.1) is 0 Å². The van der Waals surface area contributed by atoms with E-state index in [1.54, 1.807) is 11.8 Å². The van der Waals surface area contributed by atoms with E-state index in [2.05, 4.69) is 0 Å². The first kappa shape index (κ1) is 11.2. The van der Waals surface area contributed by atoms with Gasteiger partial charge in [0.25, 0.3) is 5.91 Å². The fraction of sp³-hybridized carbons (Fsp3) is 0.467. The Morgan fingerprint density at radius 2 is 2.16 bits per heavy atom. The summed E-state index contributed by atoms with van der Waals surface area (Å²) in [6.45, 7) is 2.09. The molecule has 0 aromatic heterocycles. The van der Waals surface area contributed by atoms with Gasteiger partial charge in [-0.2, -0.15) is 0 Å². The minimum absolute atomic E-state index is 0.00484. The molecule has 2 aliphatic heterocycles. The lowest BCUT2D eigenvalue weighted by molar-refractivity contribution is -0.162. The molecule has 1 aliphatic carbocycles. The number of aliphatic hydroxyl groups is 1. The van der Waals surface area contributed by atoms with E-state index >= 15 is 0 Å². The molecule has 1 saturated carbocycles. The maximum Gasteiger partial charge on any atom is 0.254 e. The fourth-order valence-electron chi connectivity index (χ4n) is 4.39. The lowest BCUT2D eigenvalue weighted by atomic mass is 9.52. The number of benzene rings is 1. The number of carbonyl (C=O) groups is 2.